The van der Waals surface area contributed by atoms with Gasteiger partial charge in [-0.15, -0.1) is 0 Å². The van der Waals surface area contributed by atoms with Crippen LogP contribution in [-0.4, -0.2) is 52.2 Å². The van der Waals surface area contributed by atoms with Crippen LogP contribution in [0.3, 0.4) is 0 Å². The first-order chi connectivity index (χ1) is 11.6. The molecule has 122 valence electrons. The Morgan fingerprint density at radius 1 is 1.25 bits per heavy atom. The number of carboxylic acid groups (broad SMARTS) is 1. The maximum atomic E-state index is 11.0. The molecule has 0 spiro atoms. The second-order valence-corrected chi connectivity index (χ2v) is 5.69. The SMILES string of the molecule is N#Cc1cc(-c2ccnc(Cl)n2)cc(N2CCN(C(=O)O)CC2)c1. The lowest BCUT2D eigenvalue weighted by atomic mass is 10.1. The number of benzene rings is 1. The summed E-state index contributed by atoms with van der Waals surface area (Å²) in [5, 5.41) is 18.5. The smallest absolute Gasteiger partial charge is 0.407 e. The fraction of sp³-hybridized carbons (Fsp3) is 0.250. The topological polar surface area (TPSA) is 93.4 Å². The Hall–Kier alpha value is -2.85. The molecule has 0 bridgehead atoms. The van der Waals surface area contributed by atoms with Crippen molar-refractivity contribution in [2.75, 3.05) is 31.1 Å². The number of rotatable bonds is 2. The first-order valence-electron chi connectivity index (χ1n) is 7.34. The summed E-state index contributed by atoms with van der Waals surface area (Å²) in [6.45, 7) is 2.01. The van der Waals surface area contributed by atoms with E-state index in [1.165, 1.54) is 4.90 Å². The van der Waals surface area contributed by atoms with E-state index in [1.54, 1.807) is 24.4 Å². The van der Waals surface area contributed by atoms with Gasteiger partial charge in [0.05, 0.1) is 17.3 Å². The zero-order valence-electron chi connectivity index (χ0n) is 12.7. The molecule has 8 heteroatoms. The average molecular weight is 344 g/mol. The van der Waals surface area contributed by atoms with Crippen LogP contribution in [0, 0.1) is 11.3 Å². The van der Waals surface area contributed by atoms with Gasteiger partial charge in [-0.2, -0.15) is 5.26 Å². The van der Waals surface area contributed by atoms with E-state index < -0.39 is 6.09 Å². The zero-order chi connectivity index (χ0) is 17.1. The highest BCUT2D eigenvalue weighted by Crippen LogP contribution is 2.27. The maximum Gasteiger partial charge on any atom is 0.407 e. The molecule has 0 atom stereocenters. The summed E-state index contributed by atoms with van der Waals surface area (Å²) in [7, 11) is 0. The van der Waals surface area contributed by atoms with Crippen LogP contribution in [-0.2, 0) is 0 Å². The Morgan fingerprint density at radius 2 is 2.00 bits per heavy atom. The first kappa shape index (κ1) is 16.0. The summed E-state index contributed by atoms with van der Waals surface area (Å²) in [6, 6.07) is 9.35. The maximum absolute atomic E-state index is 11.0. The van der Waals surface area contributed by atoms with Crippen molar-refractivity contribution in [3.8, 4) is 17.3 Å². The zero-order valence-corrected chi connectivity index (χ0v) is 13.4. The molecular weight excluding hydrogens is 330 g/mol. The third-order valence-corrected chi connectivity index (χ3v) is 4.07. The van der Waals surface area contributed by atoms with Crippen LogP contribution < -0.4 is 4.90 Å². The van der Waals surface area contributed by atoms with Crippen LogP contribution in [0.1, 0.15) is 5.56 Å². The summed E-state index contributed by atoms with van der Waals surface area (Å²) in [6.07, 6.45) is 0.659. The van der Waals surface area contributed by atoms with Crippen molar-refractivity contribution in [3.63, 3.8) is 0 Å². The van der Waals surface area contributed by atoms with Crippen molar-refractivity contribution in [1.82, 2.24) is 14.9 Å². The van der Waals surface area contributed by atoms with E-state index in [9.17, 15) is 10.1 Å². The van der Waals surface area contributed by atoms with Gasteiger partial charge in [0.25, 0.3) is 0 Å². The van der Waals surface area contributed by atoms with E-state index in [2.05, 4.69) is 20.9 Å². The van der Waals surface area contributed by atoms with Gasteiger partial charge in [0.1, 0.15) is 0 Å². The molecule has 0 radical (unpaired) electrons. The van der Waals surface area contributed by atoms with E-state index in [-0.39, 0.29) is 5.28 Å². The summed E-state index contributed by atoms with van der Waals surface area (Å²) in [4.78, 5) is 22.5. The quantitative estimate of drug-likeness (QED) is 0.842. The van der Waals surface area contributed by atoms with Crippen molar-refractivity contribution >= 4 is 23.4 Å². The average Bonchev–Trinajstić information content (AvgIpc) is 2.61. The molecule has 1 aliphatic heterocycles. The lowest BCUT2D eigenvalue weighted by molar-refractivity contribution is 0.142. The highest BCUT2D eigenvalue weighted by Gasteiger charge is 2.21. The van der Waals surface area contributed by atoms with Crippen molar-refractivity contribution in [2.24, 2.45) is 0 Å². The van der Waals surface area contributed by atoms with Gasteiger partial charge in [-0.05, 0) is 35.9 Å². The number of hydrogen-bond donors (Lipinski definition) is 1. The third-order valence-electron chi connectivity index (χ3n) is 3.88. The normalized spacial score (nSPS) is 14.3. The number of amides is 1. The summed E-state index contributed by atoms with van der Waals surface area (Å²) >= 11 is 5.84. The largest absolute Gasteiger partial charge is 0.465 e. The minimum Gasteiger partial charge on any atom is -0.465 e. The van der Waals surface area contributed by atoms with Crippen LogP contribution in [0.4, 0.5) is 10.5 Å². The molecule has 1 saturated heterocycles. The third kappa shape index (κ3) is 3.39. The lowest BCUT2D eigenvalue weighted by Gasteiger charge is -2.34. The Labute approximate surface area is 143 Å². The van der Waals surface area contributed by atoms with E-state index in [0.29, 0.717) is 37.4 Å². The fourth-order valence-corrected chi connectivity index (χ4v) is 2.81. The molecule has 1 aliphatic rings. The fourth-order valence-electron chi connectivity index (χ4n) is 2.66. The summed E-state index contributed by atoms with van der Waals surface area (Å²) in [5.74, 6) is 0. The number of anilines is 1. The lowest BCUT2D eigenvalue weighted by Crippen LogP contribution is -2.48. The van der Waals surface area contributed by atoms with Crippen LogP contribution in [0.5, 0.6) is 0 Å². The molecule has 1 N–H and O–H groups in total. The standard InChI is InChI=1S/C16H14ClN5O2/c17-15-19-2-1-14(20-15)12-7-11(10-18)8-13(9-12)21-3-5-22(6-4-21)16(23)24/h1-2,7-9H,3-6H2,(H,23,24). The van der Waals surface area contributed by atoms with Gasteiger partial charge in [-0.3, -0.25) is 0 Å². The molecule has 7 nitrogen and oxygen atoms in total. The molecular formula is C16H14ClN5O2. The molecule has 1 aromatic carbocycles. The minimum absolute atomic E-state index is 0.145. The predicted octanol–water partition coefficient (Wildman–Crippen LogP) is 2.47. The molecule has 0 unspecified atom stereocenters. The predicted molar refractivity (Wildman–Crippen MR) is 89.0 cm³/mol. The van der Waals surface area contributed by atoms with Crippen molar-refractivity contribution < 1.29 is 9.90 Å². The van der Waals surface area contributed by atoms with Crippen molar-refractivity contribution in [3.05, 3.63) is 41.3 Å². The summed E-state index contributed by atoms with van der Waals surface area (Å²) in [5.41, 5.74) is 2.79. The number of piperazine rings is 1. The molecule has 2 aromatic rings. The molecule has 0 saturated carbocycles. The van der Waals surface area contributed by atoms with Crippen LogP contribution in [0.2, 0.25) is 5.28 Å². The number of hydrogen-bond acceptors (Lipinski definition) is 5. The highest BCUT2D eigenvalue weighted by molar-refractivity contribution is 6.28. The van der Waals surface area contributed by atoms with Gasteiger partial charge < -0.3 is 14.9 Å². The summed E-state index contributed by atoms with van der Waals surface area (Å²) < 4.78 is 0. The Bertz CT molecular complexity index is 812. The van der Waals surface area contributed by atoms with Gasteiger partial charge in [-0.25, -0.2) is 14.8 Å². The second kappa shape index (κ2) is 6.72. The van der Waals surface area contributed by atoms with Gasteiger partial charge in [0, 0.05) is 43.6 Å². The molecule has 0 aliphatic carbocycles. The molecule has 1 aromatic heterocycles. The van der Waals surface area contributed by atoms with Crippen LogP contribution in [0.25, 0.3) is 11.3 Å². The van der Waals surface area contributed by atoms with Gasteiger partial charge >= 0.3 is 6.09 Å². The van der Waals surface area contributed by atoms with E-state index in [1.807, 2.05) is 6.07 Å². The Morgan fingerprint density at radius 3 is 2.62 bits per heavy atom. The van der Waals surface area contributed by atoms with E-state index in [4.69, 9.17) is 16.7 Å². The van der Waals surface area contributed by atoms with Crippen LogP contribution >= 0.6 is 11.6 Å². The van der Waals surface area contributed by atoms with Gasteiger partial charge in [-0.1, -0.05) is 0 Å². The first-order valence-corrected chi connectivity index (χ1v) is 7.71. The van der Waals surface area contributed by atoms with Crippen LogP contribution in [0.15, 0.2) is 30.5 Å². The highest BCUT2D eigenvalue weighted by atomic mass is 35.5. The molecule has 24 heavy (non-hydrogen) atoms. The van der Waals surface area contributed by atoms with Gasteiger partial charge in [0.2, 0.25) is 5.28 Å². The van der Waals surface area contributed by atoms with E-state index in [0.717, 1.165) is 11.3 Å². The van der Waals surface area contributed by atoms with Crippen molar-refractivity contribution in [2.45, 2.75) is 0 Å². The minimum atomic E-state index is -0.906. The Balaban J connectivity index is 1.91. The molecule has 1 amide bonds. The Kier molecular flexibility index (Phi) is 4.49. The second-order valence-electron chi connectivity index (χ2n) is 5.35. The number of carbonyl (C=O) groups is 1. The number of nitrogens with zero attached hydrogens (tertiary/aromatic N) is 5. The molecule has 3 rings (SSSR count). The van der Waals surface area contributed by atoms with Crippen molar-refractivity contribution in [1.29, 1.82) is 5.26 Å². The number of aromatic nitrogens is 2. The monoisotopic (exact) mass is 343 g/mol. The molecule has 1 fully saturated rings. The van der Waals surface area contributed by atoms with E-state index >= 15 is 0 Å². The van der Waals surface area contributed by atoms with Gasteiger partial charge in [0.15, 0.2) is 0 Å². The number of halogens is 1. The number of nitriles is 1. The molecule has 2 heterocycles.